The molecule has 1 aliphatic heterocycles. The number of para-hydroxylation sites is 1. The first-order valence-corrected chi connectivity index (χ1v) is 11.8. The smallest absolute Gasteiger partial charge is 0.326 e. The van der Waals surface area contributed by atoms with Crippen LogP contribution in [0.4, 0.5) is 16.2 Å². The van der Waals surface area contributed by atoms with Gasteiger partial charge in [-0.05, 0) is 68.3 Å². The third-order valence-electron chi connectivity index (χ3n) is 6.61. The van der Waals surface area contributed by atoms with E-state index in [0.29, 0.717) is 18.5 Å². The molecule has 1 unspecified atom stereocenters. The molecule has 0 spiro atoms. The second-order valence-electron chi connectivity index (χ2n) is 8.46. The first-order valence-electron chi connectivity index (χ1n) is 11.8. The van der Waals surface area contributed by atoms with Gasteiger partial charge in [-0.15, -0.1) is 0 Å². The van der Waals surface area contributed by atoms with Gasteiger partial charge in [0.25, 0.3) is 0 Å². The maximum Gasteiger partial charge on any atom is 0.326 e. The molecule has 0 fully saturated rings. The highest BCUT2D eigenvalue weighted by molar-refractivity contribution is 6.03. The zero-order valence-corrected chi connectivity index (χ0v) is 19.3. The number of carbonyl (C=O) groups excluding carboxylic acids is 1. The predicted octanol–water partition coefficient (Wildman–Crippen LogP) is 6.72. The highest BCUT2D eigenvalue weighted by atomic mass is 16.2. The van der Waals surface area contributed by atoms with E-state index in [9.17, 15) is 4.79 Å². The lowest BCUT2D eigenvalue weighted by molar-refractivity contribution is 0.244. The number of hydrogen-bond acceptors (Lipinski definition) is 2. The Bertz CT molecular complexity index is 1070. The van der Waals surface area contributed by atoms with Crippen LogP contribution in [-0.4, -0.2) is 35.0 Å². The number of urea groups is 1. The number of aromatic amines is 1. The van der Waals surface area contributed by atoms with E-state index in [-0.39, 0.29) is 6.03 Å². The van der Waals surface area contributed by atoms with Gasteiger partial charge in [-0.1, -0.05) is 38.1 Å². The molecule has 2 amide bonds. The maximum atomic E-state index is 13.0. The molecule has 2 heterocycles. The molecule has 0 saturated heterocycles. The summed E-state index contributed by atoms with van der Waals surface area (Å²) < 4.78 is 0. The minimum atomic E-state index is -0.117. The molecule has 3 aromatic rings. The summed E-state index contributed by atoms with van der Waals surface area (Å²) in [6.07, 6.45) is 10.2. The number of H-pyrrole nitrogens is 1. The van der Waals surface area contributed by atoms with E-state index in [1.807, 2.05) is 43.3 Å². The number of fused-ring (bicyclic) bond motifs is 1. The van der Waals surface area contributed by atoms with Gasteiger partial charge < -0.3 is 15.2 Å². The van der Waals surface area contributed by atoms with Crippen molar-refractivity contribution in [3.63, 3.8) is 0 Å². The van der Waals surface area contributed by atoms with E-state index in [4.69, 9.17) is 0 Å². The summed E-state index contributed by atoms with van der Waals surface area (Å²) in [7, 11) is 0. The largest absolute Gasteiger partial charge is 0.375 e. The lowest BCUT2D eigenvalue weighted by atomic mass is 9.92. The predicted molar refractivity (Wildman–Crippen MR) is 134 cm³/mol. The number of rotatable bonds is 7. The van der Waals surface area contributed by atoms with Gasteiger partial charge in [0.2, 0.25) is 0 Å². The van der Waals surface area contributed by atoms with Crippen LogP contribution in [-0.2, 0) is 0 Å². The Kier molecular flexibility index (Phi) is 6.84. The van der Waals surface area contributed by atoms with Crippen molar-refractivity contribution in [2.24, 2.45) is 0 Å². The van der Waals surface area contributed by atoms with Crippen molar-refractivity contribution in [2.75, 3.05) is 23.3 Å². The third-order valence-corrected chi connectivity index (χ3v) is 6.61. The number of hydrogen-bond donors (Lipinski definition) is 2. The first kappa shape index (κ1) is 22.0. The minimum Gasteiger partial charge on any atom is -0.375 e. The zero-order chi connectivity index (χ0) is 22.5. The number of carbonyl (C=O) groups is 1. The average Bonchev–Trinajstić information content (AvgIpc) is 3.25. The van der Waals surface area contributed by atoms with Crippen molar-refractivity contribution in [1.29, 1.82) is 0 Å². The monoisotopic (exact) mass is 430 g/mol. The standard InChI is InChI=1S/C27H34N4O/c1-4-22(5-2)30-16-14-20(15-17-30)25-19-28-26-13-12-21(18-24(25)26)29-27(32)31(6-3)23-10-8-7-9-11-23/h7-14,16,18-20,22,28H,4-6,15,17H2,1-3H3,(H,29,32). The van der Waals surface area contributed by atoms with Crippen LogP contribution in [0.15, 0.2) is 67.0 Å². The number of allylic oxidation sites excluding steroid dienone is 1. The summed E-state index contributed by atoms with van der Waals surface area (Å²) in [6, 6.07) is 16.4. The molecule has 168 valence electrons. The fourth-order valence-corrected chi connectivity index (χ4v) is 4.76. The van der Waals surface area contributed by atoms with Crippen LogP contribution >= 0.6 is 0 Å². The summed E-state index contributed by atoms with van der Waals surface area (Å²) in [5.74, 6) is 0.386. The van der Waals surface area contributed by atoms with Crippen LogP contribution in [0.2, 0.25) is 0 Å². The molecular weight excluding hydrogens is 396 g/mol. The fourth-order valence-electron chi connectivity index (χ4n) is 4.76. The fraction of sp³-hybridized carbons (Fsp3) is 0.370. The van der Waals surface area contributed by atoms with Gasteiger partial charge in [-0.2, -0.15) is 0 Å². The Labute approximate surface area is 191 Å². The summed E-state index contributed by atoms with van der Waals surface area (Å²) in [4.78, 5) is 20.6. The summed E-state index contributed by atoms with van der Waals surface area (Å²) in [6.45, 7) is 8.20. The second-order valence-corrected chi connectivity index (χ2v) is 8.46. The van der Waals surface area contributed by atoms with E-state index >= 15 is 0 Å². The quantitative estimate of drug-likeness (QED) is 0.437. The lowest BCUT2D eigenvalue weighted by Gasteiger charge is -2.34. The summed E-state index contributed by atoms with van der Waals surface area (Å²) >= 11 is 0. The van der Waals surface area contributed by atoms with Crippen molar-refractivity contribution >= 4 is 28.3 Å². The van der Waals surface area contributed by atoms with Crippen molar-refractivity contribution in [3.05, 3.63) is 72.6 Å². The highest BCUT2D eigenvalue weighted by Crippen LogP contribution is 2.33. The van der Waals surface area contributed by atoms with E-state index in [0.717, 1.165) is 29.9 Å². The topological polar surface area (TPSA) is 51.4 Å². The van der Waals surface area contributed by atoms with Gasteiger partial charge in [-0.25, -0.2) is 4.79 Å². The number of nitrogens with one attached hydrogen (secondary N) is 2. The molecule has 5 heteroatoms. The molecule has 4 rings (SSSR count). The molecule has 1 aromatic heterocycles. The minimum absolute atomic E-state index is 0.117. The number of anilines is 2. The summed E-state index contributed by atoms with van der Waals surface area (Å²) in [5.41, 5.74) is 4.11. The number of amides is 2. The maximum absolute atomic E-state index is 13.0. The molecule has 1 aliphatic rings. The van der Waals surface area contributed by atoms with Crippen molar-refractivity contribution in [2.45, 2.75) is 52.0 Å². The normalized spacial score (nSPS) is 16.0. The van der Waals surface area contributed by atoms with Crippen molar-refractivity contribution < 1.29 is 4.79 Å². The van der Waals surface area contributed by atoms with E-state index in [1.54, 1.807) is 4.90 Å². The van der Waals surface area contributed by atoms with E-state index in [1.165, 1.54) is 23.8 Å². The second kappa shape index (κ2) is 9.94. The summed E-state index contributed by atoms with van der Waals surface area (Å²) in [5, 5.41) is 4.26. The molecule has 32 heavy (non-hydrogen) atoms. The Balaban J connectivity index is 1.53. The molecule has 2 aromatic carbocycles. The van der Waals surface area contributed by atoms with Crippen LogP contribution < -0.4 is 10.2 Å². The van der Waals surface area contributed by atoms with Crippen LogP contribution in [0.3, 0.4) is 0 Å². The molecule has 1 atom stereocenters. The van der Waals surface area contributed by atoms with Gasteiger partial charge in [-0.3, -0.25) is 4.90 Å². The van der Waals surface area contributed by atoms with Gasteiger partial charge in [0, 0.05) is 53.5 Å². The lowest BCUT2D eigenvalue weighted by Crippen LogP contribution is -2.34. The first-order chi connectivity index (χ1) is 15.6. The van der Waals surface area contributed by atoms with Gasteiger partial charge >= 0.3 is 6.03 Å². The van der Waals surface area contributed by atoms with E-state index < -0.39 is 0 Å². The van der Waals surface area contributed by atoms with Crippen molar-refractivity contribution in [3.8, 4) is 0 Å². The highest BCUT2D eigenvalue weighted by Gasteiger charge is 2.21. The number of benzene rings is 2. The van der Waals surface area contributed by atoms with Crippen LogP contribution in [0.1, 0.15) is 51.5 Å². The Morgan fingerprint density at radius 2 is 1.94 bits per heavy atom. The molecule has 0 aliphatic carbocycles. The molecular formula is C27H34N4O. The SMILES string of the molecule is CCC(CC)N1C=CC(c2c[nH]c3ccc(NC(=O)N(CC)c4ccccc4)cc23)CC1. The zero-order valence-electron chi connectivity index (χ0n) is 19.3. The third kappa shape index (κ3) is 4.52. The average molecular weight is 431 g/mol. The van der Waals surface area contributed by atoms with Crippen LogP contribution in [0.25, 0.3) is 10.9 Å². The Hall–Kier alpha value is -3.21. The molecule has 0 bridgehead atoms. The Morgan fingerprint density at radius 3 is 2.59 bits per heavy atom. The van der Waals surface area contributed by atoms with Crippen molar-refractivity contribution in [1.82, 2.24) is 9.88 Å². The Morgan fingerprint density at radius 1 is 1.16 bits per heavy atom. The van der Waals surface area contributed by atoms with Gasteiger partial charge in [0.05, 0.1) is 0 Å². The number of nitrogens with zero attached hydrogens (tertiary/aromatic N) is 2. The van der Waals surface area contributed by atoms with Crippen LogP contribution in [0, 0.1) is 0 Å². The van der Waals surface area contributed by atoms with Gasteiger partial charge in [0.1, 0.15) is 0 Å². The van der Waals surface area contributed by atoms with Crippen LogP contribution in [0.5, 0.6) is 0 Å². The molecule has 0 radical (unpaired) electrons. The molecule has 2 N–H and O–H groups in total. The molecule has 5 nitrogen and oxygen atoms in total. The molecule has 0 saturated carbocycles. The van der Waals surface area contributed by atoms with Gasteiger partial charge in [0.15, 0.2) is 0 Å². The van der Waals surface area contributed by atoms with E-state index in [2.05, 4.69) is 59.7 Å². The number of aromatic nitrogens is 1.